The first kappa shape index (κ1) is 32.8. The van der Waals surface area contributed by atoms with Crippen molar-refractivity contribution in [2.45, 2.75) is 93.2 Å². The maximum Gasteiger partial charge on any atom is 0.241 e. The van der Waals surface area contributed by atoms with Gasteiger partial charge in [0.1, 0.15) is 12.4 Å². The first-order chi connectivity index (χ1) is 14.3. The lowest BCUT2D eigenvalue weighted by molar-refractivity contribution is 0.306. The highest BCUT2D eigenvalue weighted by molar-refractivity contribution is 7.89. The summed E-state index contributed by atoms with van der Waals surface area (Å²) in [7, 11) is -3.53. The van der Waals surface area contributed by atoms with Crippen LogP contribution in [0, 0.1) is 0 Å². The molecule has 0 amide bonds. The Labute approximate surface area is 187 Å². The fraction of sp³-hybridized carbons (Fsp3) is 0.520. The molecule has 30 heavy (non-hydrogen) atoms. The molecule has 2 aromatic carbocycles. The van der Waals surface area contributed by atoms with Crippen LogP contribution in [-0.4, -0.2) is 14.0 Å². The molecule has 0 aliphatic rings. The van der Waals surface area contributed by atoms with Gasteiger partial charge in [-0.05, 0) is 50.6 Å². The van der Waals surface area contributed by atoms with E-state index in [1.165, 1.54) is 0 Å². The second kappa shape index (κ2) is 19.1. The zero-order valence-corrected chi connectivity index (χ0v) is 21.9. The van der Waals surface area contributed by atoms with E-state index in [1.807, 2.05) is 113 Å². The van der Waals surface area contributed by atoms with Crippen molar-refractivity contribution in [2.24, 2.45) is 0 Å². The van der Waals surface area contributed by atoms with E-state index in [2.05, 4.69) is 4.72 Å². The number of nitrogens with one attached hydrogen (secondary N) is 1. The van der Waals surface area contributed by atoms with Gasteiger partial charge in [-0.15, -0.1) is 0 Å². The van der Waals surface area contributed by atoms with E-state index in [9.17, 15) is 8.42 Å². The van der Waals surface area contributed by atoms with Crippen molar-refractivity contribution in [3.8, 4) is 5.75 Å². The van der Waals surface area contributed by atoms with Crippen molar-refractivity contribution in [2.75, 3.05) is 0 Å². The SMILES string of the molecule is CC.CC.CC.CC.CC(C)(C)NS(=O)(=O)c1cccc(COc2ccccc2)c1. The lowest BCUT2D eigenvalue weighted by atomic mass is 10.1. The van der Waals surface area contributed by atoms with Gasteiger partial charge in [0, 0.05) is 5.54 Å². The minimum Gasteiger partial charge on any atom is -0.489 e. The molecule has 0 unspecified atom stereocenters. The lowest BCUT2D eigenvalue weighted by Gasteiger charge is -2.20. The molecule has 0 radical (unpaired) electrons. The summed E-state index contributed by atoms with van der Waals surface area (Å²) in [6, 6.07) is 16.2. The van der Waals surface area contributed by atoms with Crippen LogP contribution < -0.4 is 9.46 Å². The molecule has 174 valence electrons. The highest BCUT2D eigenvalue weighted by Crippen LogP contribution is 2.16. The average Bonchev–Trinajstić information content (AvgIpc) is 2.77. The summed E-state index contributed by atoms with van der Waals surface area (Å²) < 4.78 is 32.9. The third-order valence-electron chi connectivity index (χ3n) is 2.80. The predicted molar refractivity (Wildman–Crippen MR) is 133 cm³/mol. The maximum absolute atomic E-state index is 12.3. The van der Waals surface area contributed by atoms with Gasteiger partial charge >= 0.3 is 0 Å². The third kappa shape index (κ3) is 15.1. The molecule has 0 spiro atoms. The Balaban J connectivity index is -0.000000815. The van der Waals surface area contributed by atoms with E-state index in [-0.39, 0.29) is 4.90 Å². The quantitative estimate of drug-likeness (QED) is 0.526. The summed E-state index contributed by atoms with van der Waals surface area (Å²) in [4.78, 5) is 0.247. The van der Waals surface area contributed by atoms with E-state index in [4.69, 9.17) is 4.74 Å². The molecular formula is C25H45NO3S. The van der Waals surface area contributed by atoms with Crippen molar-refractivity contribution >= 4 is 10.0 Å². The van der Waals surface area contributed by atoms with Crippen molar-refractivity contribution < 1.29 is 13.2 Å². The minimum atomic E-state index is -3.53. The second-order valence-corrected chi connectivity index (χ2v) is 7.79. The van der Waals surface area contributed by atoms with Crippen LogP contribution in [-0.2, 0) is 16.6 Å². The second-order valence-electron chi connectivity index (χ2n) is 6.10. The van der Waals surface area contributed by atoms with Gasteiger partial charge in [-0.2, -0.15) is 0 Å². The van der Waals surface area contributed by atoms with Gasteiger partial charge in [0.2, 0.25) is 10.0 Å². The minimum absolute atomic E-state index is 0.247. The van der Waals surface area contributed by atoms with Crippen LogP contribution >= 0.6 is 0 Å². The number of ether oxygens (including phenoxy) is 1. The van der Waals surface area contributed by atoms with Crippen molar-refractivity contribution in [1.29, 1.82) is 0 Å². The standard InChI is InChI=1S/C17H21NO3S.4C2H6/c1-17(2,3)18-22(19,20)16-11-7-8-14(12-16)13-21-15-9-5-4-6-10-15;4*1-2/h4-12,18H,13H2,1-3H3;4*1-2H3. The molecule has 2 rings (SSSR count). The molecule has 0 saturated heterocycles. The van der Waals surface area contributed by atoms with E-state index in [0.29, 0.717) is 6.61 Å². The summed E-state index contributed by atoms with van der Waals surface area (Å²) in [5, 5.41) is 0. The Hall–Kier alpha value is -1.85. The van der Waals surface area contributed by atoms with Crippen LogP contribution in [0.2, 0.25) is 0 Å². The predicted octanol–water partition coefficient (Wildman–Crippen LogP) is 7.45. The van der Waals surface area contributed by atoms with E-state index < -0.39 is 15.6 Å². The largest absolute Gasteiger partial charge is 0.489 e. The summed E-state index contributed by atoms with van der Waals surface area (Å²) in [6.45, 7) is 21.8. The molecule has 0 bridgehead atoms. The Morgan fingerprint density at radius 2 is 1.27 bits per heavy atom. The molecule has 0 fully saturated rings. The number of rotatable bonds is 5. The van der Waals surface area contributed by atoms with Gasteiger partial charge in [-0.25, -0.2) is 13.1 Å². The summed E-state index contributed by atoms with van der Waals surface area (Å²) in [5.41, 5.74) is 0.288. The molecule has 1 N–H and O–H groups in total. The van der Waals surface area contributed by atoms with Crippen LogP contribution in [0.15, 0.2) is 59.5 Å². The van der Waals surface area contributed by atoms with Gasteiger partial charge in [0.05, 0.1) is 4.90 Å². The summed E-state index contributed by atoms with van der Waals surface area (Å²) in [6.07, 6.45) is 0. The topological polar surface area (TPSA) is 55.4 Å². The highest BCUT2D eigenvalue weighted by atomic mass is 32.2. The van der Waals surface area contributed by atoms with E-state index >= 15 is 0 Å². The molecule has 0 aliphatic carbocycles. The van der Waals surface area contributed by atoms with Crippen LogP contribution in [0.25, 0.3) is 0 Å². The van der Waals surface area contributed by atoms with Crippen LogP contribution in [0.1, 0.15) is 81.7 Å². The molecule has 0 heterocycles. The Bertz CT molecular complexity index is 722. The molecule has 0 atom stereocenters. The molecule has 0 saturated carbocycles. The fourth-order valence-electron chi connectivity index (χ4n) is 1.95. The monoisotopic (exact) mass is 439 g/mol. The number of benzene rings is 2. The van der Waals surface area contributed by atoms with Gasteiger partial charge < -0.3 is 4.74 Å². The molecule has 0 aromatic heterocycles. The number of sulfonamides is 1. The first-order valence-electron chi connectivity index (χ1n) is 11.1. The molecular weight excluding hydrogens is 394 g/mol. The maximum atomic E-state index is 12.3. The smallest absolute Gasteiger partial charge is 0.241 e. The summed E-state index contributed by atoms with van der Waals surface area (Å²) >= 11 is 0. The third-order valence-corrected chi connectivity index (χ3v) is 4.55. The summed E-state index contributed by atoms with van der Waals surface area (Å²) in [5.74, 6) is 0.753. The fourth-order valence-corrected chi connectivity index (χ4v) is 3.44. The Morgan fingerprint density at radius 1 is 0.767 bits per heavy atom. The zero-order valence-electron chi connectivity index (χ0n) is 21.0. The van der Waals surface area contributed by atoms with Crippen molar-refractivity contribution in [1.82, 2.24) is 4.72 Å². The normalized spacial score (nSPS) is 9.70. The van der Waals surface area contributed by atoms with Crippen molar-refractivity contribution in [3.63, 3.8) is 0 Å². The number of para-hydroxylation sites is 1. The van der Waals surface area contributed by atoms with E-state index in [1.54, 1.807) is 18.2 Å². The van der Waals surface area contributed by atoms with Gasteiger partial charge in [0.15, 0.2) is 0 Å². The van der Waals surface area contributed by atoms with Crippen LogP contribution in [0.5, 0.6) is 5.75 Å². The van der Waals surface area contributed by atoms with E-state index in [0.717, 1.165) is 11.3 Å². The number of hydrogen-bond acceptors (Lipinski definition) is 3. The van der Waals surface area contributed by atoms with Gasteiger partial charge in [0.25, 0.3) is 0 Å². The van der Waals surface area contributed by atoms with Crippen molar-refractivity contribution in [3.05, 3.63) is 60.2 Å². The zero-order chi connectivity index (χ0) is 24.2. The van der Waals surface area contributed by atoms with Crippen LogP contribution in [0.3, 0.4) is 0 Å². The molecule has 4 nitrogen and oxygen atoms in total. The number of hydrogen-bond donors (Lipinski definition) is 1. The Kier molecular flexibility index (Phi) is 20.9. The Morgan fingerprint density at radius 3 is 1.73 bits per heavy atom. The molecule has 0 aliphatic heterocycles. The van der Waals surface area contributed by atoms with Gasteiger partial charge in [-0.1, -0.05) is 85.7 Å². The molecule has 5 heteroatoms. The highest BCUT2D eigenvalue weighted by Gasteiger charge is 2.22. The lowest BCUT2D eigenvalue weighted by Crippen LogP contribution is -2.40. The van der Waals surface area contributed by atoms with Crippen LogP contribution in [0.4, 0.5) is 0 Å². The van der Waals surface area contributed by atoms with Gasteiger partial charge in [-0.3, -0.25) is 0 Å². The first-order valence-corrected chi connectivity index (χ1v) is 12.6. The average molecular weight is 440 g/mol. The molecule has 2 aromatic rings.